The van der Waals surface area contributed by atoms with Gasteiger partial charge in [-0.15, -0.1) is 0 Å². The number of carbonyl (C=O) groups is 2. The molecule has 164 valence electrons. The van der Waals surface area contributed by atoms with Crippen LogP contribution in [0.5, 0.6) is 0 Å². The molecule has 2 amide bonds. The molecular weight excluding hydrogens is 422 g/mol. The van der Waals surface area contributed by atoms with Crippen molar-refractivity contribution in [3.8, 4) is 0 Å². The van der Waals surface area contributed by atoms with Crippen molar-refractivity contribution in [3.63, 3.8) is 0 Å². The van der Waals surface area contributed by atoms with E-state index in [1.54, 1.807) is 31.2 Å². The zero-order valence-electron chi connectivity index (χ0n) is 18.0. The predicted octanol–water partition coefficient (Wildman–Crippen LogP) is 4.34. The first-order valence-electron chi connectivity index (χ1n) is 10.7. The van der Waals surface area contributed by atoms with Gasteiger partial charge in [0.25, 0.3) is 5.91 Å². The summed E-state index contributed by atoms with van der Waals surface area (Å²) in [6.07, 6.45) is 1.09. The number of amides is 2. The first kappa shape index (κ1) is 21.9. The summed E-state index contributed by atoms with van der Waals surface area (Å²) in [5.41, 5.74) is 5.31. The maximum absolute atomic E-state index is 12.4. The smallest absolute Gasteiger partial charge is 0.253 e. The van der Waals surface area contributed by atoms with Crippen LogP contribution in [0.25, 0.3) is 0 Å². The third kappa shape index (κ3) is 5.11. The van der Waals surface area contributed by atoms with Crippen molar-refractivity contribution < 1.29 is 9.59 Å². The van der Waals surface area contributed by atoms with E-state index in [0.717, 1.165) is 25.1 Å². The van der Waals surface area contributed by atoms with Crippen molar-refractivity contribution >= 4 is 29.1 Å². The van der Waals surface area contributed by atoms with E-state index < -0.39 is 6.04 Å². The van der Waals surface area contributed by atoms with Crippen LogP contribution in [0.3, 0.4) is 0 Å². The number of carbonyl (C=O) groups excluding carboxylic acids is 2. The number of benzene rings is 3. The topological polar surface area (TPSA) is 61.4 Å². The van der Waals surface area contributed by atoms with Gasteiger partial charge in [0, 0.05) is 25.3 Å². The summed E-state index contributed by atoms with van der Waals surface area (Å²) in [4.78, 5) is 27.1. The average Bonchev–Trinajstić information content (AvgIpc) is 3.21. The lowest BCUT2D eigenvalue weighted by Crippen LogP contribution is -2.44. The third-order valence-corrected chi connectivity index (χ3v) is 6.04. The van der Waals surface area contributed by atoms with Crippen LogP contribution >= 0.6 is 11.6 Å². The number of rotatable bonds is 7. The fraction of sp³-hybridized carbons (Fsp3) is 0.231. The van der Waals surface area contributed by atoms with Crippen LogP contribution in [0.2, 0.25) is 5.02 Å². The summed E-state index contributed by atoms with van der Waals surface area (Å²) >= 11 is 6.05. The van der Waals surface area contributed by atoms with Gasteiger partial charge in [-0.3, -0.25) is 9.59 Å². The zero-order chi connectivity index (χ0) is 22.5. The van der Waals surface area contributed by atoms with E-state index in [9.17, 15) is 9.59 Å². The normalized spacial score (nSPS) is 13.4. The number of anilines is 1. The Labute approximate surface area is 193 Å². The highest BCUT2D eigenvalue weighted by Crippen LogP contribution is 2.28. The van der Waals surface area contributed by atoms with Crippen LogP contribution < -0.4 is 15.5 Å². The van der Waals surface area contributed by atoms with E-state index in [0.29, 0.717) is 17.1 Å². The first-order valence-corrected chi connectivity index (χ1v) is 11.1. The van der Waals surface area contributed by atoms with Crippen LogP contribution in [-0.2, 0) is 24.3 Å². The average molecular weight is 448 g/mol. The minimum Gasteiger partial charge on any atom is -0.367 e. The summed E-state index contributed by atoms with van der Waals surface area (Å²) < 4.78 is 0. The molecule has 1 aliphatic rings. The molecule has 32 heavy (non-hydrogen) atoms. The van der Waals surface area contributed by atoms with Crippen molar-refractivity contribution in [3.05, 3.63) is 100 Å². The van der Waals surface area contributed by atoms with Gasteiger partial charge in [-0.2, -0.15) is 0 Å². The molecule has 1 unspecified atom stereocenters. The number of nitrogens with one attached hydrogen (secondary N) is 2. The van der Waals surface area contributed by atoms with E-state index in [2.05, 4.69) is 51.9 Å². The van der Waals surface area contributed by atoms with E-state index in [-0.39, 0.29) is 11.8 Å². The molecule has 3 aromatic carbocycles. The third-order valence-electron chi connectivity index (χ3n) is 5.71. The van der Waals surface area contributed by atoms with Gasteiger partial charge in [0.05, 0.1) is 10.6 Å². The molecule has 3 aromatic rings. The lowest BCUT2D eigenvalue weighted by Gasteiger charge is -2.19. The van der Waals surface area contributed by atoms with Crippen molar-refractivity contribution in [2.75, 3.05) is 11.4 Å². The van der Waals surface area contributed by atoms with Gasteiger partial charge in [-0.25, -0.2) is 0 Å². The Morgan fingerprint density at radius 3 is 2.44 bits per heavy atom. The van der Waals surface area contributed by atoms with Gasteiger partial charge < -0.3 is 15.5 Å². The van der Waals surface area contributed by atoms with Crippen molar-refractivity contribution in [2.24, 2.45) is 0 Å². The van der Waals surface area contributed by atoms with Crippen LogP contribution in [0.4, 0.5) is 5.69 Å². The SMILES string of the molecule is CC(NC(=O)c1ccccc1Cl)C(=O)NCc1ccc(CN2CCc3ccccc32)cc1. The second-order valence-corrected chi connectivity index (χ2v) is 8.42. The molecule has 0 aliphatic carbocycles. The fourth-order valence-electron chi connectivity index (χ4n) is 3.88. The van der Waals surface area contributed by atoms with E-state index in [4.69, 9.17) is 11.6 Å². The number of para-hydroxylation sites is 1. The standard InChI is InChI=1S/C26H26ClN3O2/c1-18(29-26(32)22-7-3-4-8-23(22)27)25(31)28-16-19-10-12-20(13-11-19)17-30-15-14-21-6-2-5-9-24(21)30/h2-13,18H,14-17H2,1H3,(H,28,31)(H,29,32). The Balaban J connectivity index is 1.27. The first-order chi connectivity index (χ1) is 15.5. The Morgan fingerprint density at radius 1 is 0.969 bits per heavy atom. The molecule has 0 fully saturated rings. The second-order valence-electron chi connectivity index (χ2n) is 8.01. The molecule has 2 N–H and O–H groups in total. The molecule has 4 rings (SSSR count). The van der Waals surface area contributed by atoms with E-state index in [1.165, 1.54) is 16.8 Å². The largest absolute Gasteiger partial charge is 0.367 e. The quantitative estimate of drug-likeness (QED) is 0.566. The van der Waals surface area contributed by atoms with Crippen molar-refractivity contribution in [2.45, 2.75) is 32.5 Å². The molecule has 1 atom stereocenters. The summed E-state index contributed by atoms with van der Waals surface area (Å²) in [5, 5.41) is 5.93. The summed E-state index contributed by atoms with van der Waals surface area (Å²) in [6, 6.07) is 22.9. The molecule has 0 radical (unpaired) electrons. The van der Waals surface area contributed by atoms with Crippen molar-refractivity contribution in [1.82, 2.24) is 10.6 Å². The molecule has 0 bridgehead atoms. The van der Waals surface area contributed by atoms with Crippen molar-refractivity contribution in [1.29, 1.82) is 0 Å². The lowest BCUT2D eigenvalue weighted by molar-refractivity contribution is -0.122. The van der Waals surface area contributed by atoms with Crippen LogP contribution in [0.15, 0.2) is 72.8 Å². The maximum atomic E-state index is 12.4. The molecule has 0 aromatic heterocycles. The molecule has 6 heteroatoms. The minimum absolute atomic E-state index is 0.247. The van der Waals surface area contributed by atoms with Crippen LogP contribution in [0, 0.1) is 0 Å². The number of fused-ring (bicyclic) bond motifs is 1. The van der Waals surface area contributed by atoms with Gasteiger partial charge in [0.2, 0.25) is 5.91 Å². The molecule has 1 heterocycles. The Kier molecular flexibility index (Phi) is 6.76. The molecule has 5 nitrogen and oxygen atoms in total. The van der Waals surface area contributed by atoms with Gasteiger partial charge >= 0.3 is 0 Å². The minimum atomic E-state index is -0.673. The summed E-state index contributed by atoms with van der Waals surface area (Å²) in [5.74, 6) is -0.616. The van der Waals surface area contributed by atoms with Gasteiger partial charge in [-0.1, -0.05) is 66.2 Å². The predicted molar refractivity (Wildman–Crippen MR) is 128 cm³/mol. The molecule has 0 saturated carbocycles. The lowest BCUT2D eigenvalue weighted by atomic mass is 10.1. The Bertz CT molecular complexity index is 1110. The Morgan fingerprint density at radius 2 is 1.66 bits per heavy atom. The maximum Gasteiger partial charge on any atom is 0.253 e. The Hall–Kier alpha value is -3.31. The van der Waals surface area contributed by atoms with Gasteiger partial charge in [-0.05, 0) is 48.2 Å². The summed E-state index contributed by atoms with van der Waals surface area (Å²) in [7, 11) is 0. The number of hydrogen-bond donors (Lipinski definition) is 2. The van der Waals surface area contributed by atoms with Gasteiger partial charge in [0.1, 0.15) is 6.04 Å². The number of halogens is 1. The molecule has 0 spiro atoms. The fourth-order valence-corrected chi connectivity index (χ4v) is 4.10. The molecule has 0 saturated heterocycles. The summed E-state index contributed by atoms with van der Waals surface area (Å²) in [6.45, 7) is 3.96. The zero-order valence-corrected chi connectivity index (χ0v) is 18.7. The highest BCUT2D eigenvalue weighted by atomic mass is 35.5. The van der Waals surface area contributed by atoms with Crippen LogP contribution in [-0.4, -0.2) is 24.4 Å². The monoisotopic (exact) mass is 447 g/mol. The van der Waals surface area contributed by atoms with E-state index in [1.807, 2.05) is 12.1 Å². The van der Waals surface area contributed by atoms with E-state index >= 15 is 0 Å². The molecule has 1 aliphatic heterocycles. The second kappa shape index (κ2) is 9.88. The highest BCUT2D eigenvalue weighted by Gasteiger charge is 2.19. The van der Waals surface area contributed by atoms with Crippen LogP contribution in [0.1, 0.15) is 34.0 Å². The van der Waals surface area contributed by atoms with Gasteiger partial charge in [0.15, 0.2) is 0 Å². The number of hydrogen-bond acceptors (Lipinski definition) is 3. The number of nitrogens with zero attached hydrogens (tertiary/aromatic N) is 1. The highest BCUT2D eigenvalue weighted by molar-refractivity contribution is 6.33. The molecular formula is C26H26ClN3O2.